The second-order valence-corrected chi connectivity index (χ2v) is 10.6. The van der Waals surface area contributed by atoms with Crippen molar-refractivity contribution in [2.24, 2.45) is 0 Å². The van der Waals surface area contributed by atoms with Gasteiger partial charge in [0.1, 0.15) is 0 Å². The molecular formula is C24H33N5O3S. The van der Waals surface area contributed by atoms with Crippen molar-refractivity contribution in [3.8, 4) is 0 Å². The van der Waals surface area contributed by atoms with E-state index in [0.29, 0.717) is 24.3 Å². The number of carbonyl (C=O) groups excluding carboxylic acids is 1. The summed E-state index contributed by atoms with van der Waals surface area (Å²) in [4.78, 5) is 19.6. The van der Waals surface area contributed by atoms with E-state index in [1.165, 1.54) is 16.8 Å². The van der Waals surface area contributed by atoms with Crippen LogP contribution in [0.5, 0.6) is 0 Å². The summed E-state index contributed by atoms with van der Waals surface area (Å²) in [6.45, 7) is 10.3. The second-order valence-electron chi connectivity index (χ2n) is 8.84. The molecule has 0 bridgehead atoms. The number of carbonyl (C=O) groups is 1. The molecule has 0 radical (unpaired) electrons. The second kappa shape index (κ2) is 9.61. The van der Waals surface area contributed by atoms with E-state index in [1.54, 1.807) is 6.07 Å². The summed E-state index contributed by atoms with van der Waals surface area (Å²) < 4.78 is 26.6. The van der Waals surface area contributed by atoms with Gasteiger partial charge in [-0.2, -0.15) is 0 Å². The van der Waals surface area contributed by atoms with Gasteiger partial charge in [0.2, 0.25) is 10.0 Å². The molecule has 9 heteroatoms. The summed E-state index contributed by atoms with van der Waals surface area (Å²) in [7, 11) is -3.48. The zero-order valence-electron chi connectivity index (χ0n) is 19.6. The maximum absolute atomic E-state index is 13.3. The predicted molar refractivity (Wildman–Crippen MR) is 134 cm³/mol. The Kier molecular flexibility index (Phi) is 6.81. The maximum atomic E-state index is 13.3. The lowest BCUT2D eigenvalue weighted by atomic mass is 10.1. The predicted octanol–water partition coefficient (Wildman–Crippen LogP) is 2.05. The van der Waals surface area contributed by atoms with Gasteiger partial charge in [-0.1, -0.05) is 12.1 Å². The average Bonchev–Trinajstić information content (AvgIpc) is 2.80. The summed E-state index contributed by atoms with van der Waals surface area (Å²) in [6.07, 6.45) is 1.13. The van der Waals surface area contributed by atoms with E-state index < -0.39 is 10.0 Å². The largest absolute Gasteiger partial charge is 0.368 e. The summed E-state index contributed by atoms with van der Waals surface area (Å²) in [6, 6.07) is 11.7. The number of nitrogens with zero attached hydrogens (tertiary/aromatic N) is 3. The van der Waals surface area contributed by atoms with Crippen LogP contribution >= 0.6 is 0 Å². The monoisotopic (exact) mass is 471 g/mol. The minimum Gasteiger partial charge on any atom is -0.368 e. The number of amides is 1. The molecule has 33 heavy (non-hydrogen) atoms. The van der Waals surface area contributed by atoms with Gasteiger partial charge in [0.15, 0.2) is 0 Å². The van der Waals surface area contributed by atoms with Crippen molar-refractivity contribution in [1.82, 2.24) is 10.2 Å². The number of rotatable bonds is 5. The molecule has 1 amide bonds. The standard InChI is InChI=1S/C24H33N5O3S/c1-18-5-4-6-22(19(18)2)28-13-15-29(16-14-28)24(30)20-7-8-23(27-11-9-25-10-12-27)21(17-20)26-33(3,31)32/h4-8,17,25-26H,9-16H2,1-3H3. The molecule has 0 saturated carbocycles. The van der Waals surface area contributed by atoms with Gasteiger partial charge >= 0.3 is 0 Å². The van der Waals surface area contributed by atoms with Gasteiger partial charge < -0.3 is 20.0 Å². The number of aryl methyl sites for hydroxylation is 1. The van der Waals surface area contributed by atoms with Gasteiger partial charge in [-0.15, -0.1) is 0 Å². The lowest BCUT2D eigenvalue weighted by Gasteiger charge is -2.37. The lowest BCUT2D eigenvalue weighted by Crippen LogP contribution is -2.49. The molecule has 2 heterocycles. The number of sulfonamides is 1. The third-order valence-electron chi connectivity index (χ3n) is 6.48. The van der Waals surface area contributed by atoms with Gasteiger partial charge in [-0.3, -0.25) is 9.52 Å². The Labute approximate surface area is 196 Å². The minimum absolute atomic E-state index is 0.0703. The van der Waals surface area contributed by atoms with E-state index in [9.17, 15) is 13.2 Å². The number of anilines is 3. The van der Waals surface area contributed by atoms with Crippen LogP contribution in [0.15, 0.2) is 36.4 Å². The summed E-state index contributed by atoms with van der Waals surface area (Å²) in [5.41, 5.74) is 5.53. The van der Waals surface area contributed by atoms with Crippen LogP contribution < -0.4 is 19.8 Å². The molecule has 4 rings (SSSR count). The third kappa shape index (κ3) is 5.42. The molecule has 2 aliphatic heterocycles. The maximum Gasteiger partial charge on any atom is 0.254 e. The number of hydrogen-bond donors (Lipinski definition) is 2. The molecule has 0 aromatic heterocycles. The van der Waals surface area contributed by atoms with Crippen LogP contribution in [-0.4, -0.2) is 77.8 Å². The molecule has 2 aromatic carbocycles. The zero-order valence-corrected chi connectivity index (χ0v) is 20.4. The van der Waals surface area contributed by atoms with Crippen LogP contribution in [0, 0.1) is 13.8 Å². The smallest absolute Gasteiger partial charge is 0.254 e. The lowest BCUT2D eigenvalue weighted by molar-refractivity contribution is 0.0747. The van der Waals surface area contributed by atoms with Crippen molar-refractivity contribution in [1.29, 1.82) is 0 Å². The van der Waals surface area contributed by atoms with Crippen LogP contribution in [0.3, 0.4) is 0 Å². The molecule has 2 aliphatic rings. The number of hydrogen-bond acceptors (Lipinski definition) is 6. The molecule has 2 fully saturated rings. The zero-order chi connectivity index (χ0) is 23.6. The topological polar surface area (TPSA) is 85.0 Å². The van der Waals surface area contributed by atoms with Crippen LogP contribution in [-0.2, 0) is 10.0 Å². The molecule has 0 spiro atoms. The first-order valence-corrected chi connectivity index (χ1v) is 13.3. The van der Waals surface area contributed by atoms with Gasteiger partial charge in [0, 0.05) is 63.6 Å². The van der Waals surface area contributed by atoms with Crippen LogP contribution in [0.1, 0.15) is 21.5 Å². The van der Waals surface area contributed by atoms with Gasteiger partial charge in [0.25, 0.3) is 5.91 Å². The Hall–Kier alpha value is -2.78. The minimum atomic E-state index is -3.48. The number of nitrogens with one attached hydrogen (secondary N) is 2. The van der Waals surface area contributed by atoms with E-state index in [0.717, 1.165) is 51.2 Å². The fourth-order valence-corrected chi connectivity index (χ4v) is 5.11. The van der Waals surface area contributed by atoms with E-state index in [-0.39, 0.29) is 5.91 Å². The molecule has 2 aromatic rings. The van der Waals surface area contributed by atoms with Crippen molar-refractivity contribution >= 4 is 33.0 Å². The van der Waals surface area contributed by atoms with E-state index >= 15 is 0 Å². The first kappa shape index (κ1) is 23.4. The number of piperazine rings is 2. The molecule has 2 N–H and O–H groups in total. The Morgan fingerprint density at radius 2 is 1.58 bits per heavy atom. The van der Waals surface area contributed by atoms with E-state index in [2.05, 4.69) is 51.9 Å². The summed E-state index contributed by atoms with van der Waals surface area (Å²) in [5.74, 6) is -0.0703. The summed E-state index contributed by atoms with van der Waals surface area (Å²) in [5, 5.41) is 3.30. The average molecular weight is 472 g/mol. The first-order valence-electron chi connectivity index (χ1n) is 11.4. The molecule has 0 atom stereocenters. The van der Waals surface area contributed by atoms with Crippen molar-refractivity contribution < 1.29 is 13.2 Å². The highest BCUT2D eigenvalue weighted by Crippen LogP contribution is 2.30. The Morgan fingerprint density at radius 3 is 2.24 bits per heavy atom. The van der Waals surface area contributed by atoms with Crippen LogP contribution in [0.25, 0.3) is 0 Å². The fraction of sp³-hybridized carbons (Fsp3) is 0.458. The van der Waals surface area contributed by atoms with Crippen molar-refractivity contribution in [3.05, 3.63) is 53.1 Å². The normalized spacial score (nSPS) is 17.2. The SMILES string of the molecule is Cc1cccc(N2CCN(C(=O)c3ccc(N4CCNCC4)c(NS(C)(=O)=O)c3)CC2)c1C. The molecule has 0 aliphatic carbocycles. The molecular weight excluding hydrogens is 438 g/mol. The Balaban J connectivity index is 1.51. The van der Waals surface area contributed by atoms with Crippen LogP contribution in [0.4, 0.5) is 17.1 Å². The highest BCUT2D eigenvalue weighted by molar-refractivity contribution is 7.92. The highest BCUT2D eigenvalue weighted by atomic mass is 32.2. The molecule has 178 valence electrons. The van der Waals surface area contributed by atoms with Crippen molar-refractivity contribution in [2.45, 2.75) is 13.8 Å². The Morgan fingerprint density at radius 1 is 0.909 bits per heavy atom. The van der Waals surface area contributed by atoms with Gasteiger partial charge in [-0.25, -0.2) is 8.42 Å². The Bertz CT molecular complexity index is 1120. The molecule has 8 nitrogen and oxygen atoms in total. The number of benzene rings is 2. The highest BCUT2D eigenvalue weighted by Gasteiger charge is 2.25. The van der Waals surface area contributed by atoms with Gasteiger partial charge in [0.05, 0.1) is 17.6 Å². The van der Waals surface area contributed by atoms with Gasteiger partial charge in [-0.05, 0) is 49.2 Å². The van der Waals surface area contributed by atoms with E-state index in [4.69, 9.17) is 0 Å². The first-order chi connectivity index (χ1) is 15.7. The van der Waals surface area contributed by atoms with Crippen molar-refractivity contribution in [2.75, 3.05) is 73.1 Å². The van der Waals surface area contributed by atoms with Crippen molar-refractivity contribution in [3.63, 3.8) is 0 Å². The molecule has 0 unspecified atom stereocenters. The quantitative estimate of drug-likeness (QED) is 0.694. The summed E-state index contributed by atoms with van der Waals surface area (Å²) >= 11 is 0. The fourth-order valence-electron chi connectivity index (χ4n) is 4.54. The van der Waals surface area contributed by atoms with Crippen LogP contribution in [0.2, 0.25) is 0 Å². The van der Waals surface area contributed by atoms with E-state index in [1.807, 2.05) is 17.0 Å². The third-order valence-corrected chi connectivity index (χ3v) is 7.07. The molecule has 2 saturated heterocycles.